The zero-order valence-corrected chi connectivity index (χ0v) is 11.4. The minimum atomic E-state index is -0.606. The molecule has 0 N–H and O–H groups in total. The van der Waals surface area contributed by atoms with Crippen molar-refractivity contribution in [1.29, 1.82) is 0 Å². The lowest BCUT2D eigenvalue weighted by Crippen LogP contribution is -2.42. The quantitative estimate of drug-likeness (QED) is 0.676. The first-order valence-corrected chi connectivity index (χ1v) is 5.51. The summed E-state index contributed by atoms with van der Waals surface area (Å²) in [6, 6.07) is 0. The zero-order valence-electron chi connectivity index (χ0n) is 11.4. The molecular weight excluding hydrogens is 191 g/mol. The molecule has 0 aliphatic carbocycles. The molecule has 0 aromatic carbocycles. The van der Waals surface area contributed by atoms with Crippen molar-refractivity contribution < 1.29 is 14.0 Å². The molecule has 0 spiro atoms. The van der Waals surface area contributed by atoms with Crippen molar-refractivity contribution in [2.24, 2.45) is 0 Å². The van der Waals surface area contributed by atoms with Gasteiger partial charge >= 0.3 is 7.32 Å². The second-order valence-electron chi connectivity index (χ2n) is 5.93. The lowest BCUT2D eigenvalue weighted by atomic mass is 10.1. The molecular formula is C11H25BO3. The molecule has 0 rings (SSSR count). The largest absolute Gasteiger partial charge is 0.640 e. The molecule has 0 atom stereocenters. The average molecular weight is 216 g/mol. The minimum Gasteiger partial charge on any atom is -0.384 e. The van der Waals surface area contributed by atoms with Crippen molar-refractivity contribution in [2.75, 3.05) is 0 Å². The Morgan fingerprint density at radius 2 is 1.13 bits per heavy atom. The fraction of sp³-hybridized carbons (Fsp3) is 1.00. The van der Waals surface area contributed by atoms with Crippen LogP contribution >= 0.6 is 0 Å². The van der Waals surface area contributed by atoms with Crippen LogP contribution in [0.15, 0.2) is 0 Å². The van der Waals surface area contributed by atoms with Gasteiger partial charge in [0.15, 0.2) is 0 Å². The first-order chi connectivity index (χ1) is 6.49. The predicted molar refractivity (Wildman–Crippen MR) is 63.7 cm³/mol. The van der Waals surface area contributed by atoms with Gasteiger partial charge in [-0.05, 0) is 55.4 Å². The van der Waals surface area contributed by atoms with Gasteiger partial charge in [-0.1, -0.05) is 0 Å². The summed E-state index contributed by atoms with van der Waals surface area (Å²) in [6.45, 7) is 15.8. The highest BCUT2D eigenvalue weighted by Gasteiger charge is 2.33. The summed E-state index contributed by atoms with van der Waals surface area (Å²) in [5, 5.41) is 0. The zero-order chi connectivity index (χ0) is 12.3. The van der Waals surface area contributed by atoms with Crippen LogP contribution in [0, 0.1) is 0 Å². The van der Waals surface area contributed by atoms with E-state index in [1.54, 1.807) is 0 Å². The molecule has 0 amide bonds. The lowest BCUT2D eigenvalue weighted by molar-refractivity contribution is -0.0289. The molecule has 0 bridgehead atoms. The van der Waals surface area contributed by atoms with E-state index in [-0.39, 0.29) is 17.3 Å². The summed E-state index contributed by atoms with van der Waals surface area (Å²) in [4.78, 5) is 0. The normalized spacial score (nSPS) is 13.4. The van der Waals surface area contributed by atoms with Gasteiger partial charge in [-0.25, -0.2) is 0 Å². The van der Waals surface area contributed by atoms with Gasteiger partial charge in [0.25, 0.3) is 0 Å². The fourth-order valence-corrected chi connectivity index (χ4v) is 0.879. The summed E-state index contributed by atoms with van der Waals surface area (Å²) < 4.78 is 16.9. The predicted octanol–water partition coefficient (Wildman–Crippen LogP) is 3.03. The van der Waals surface area contributed by atoms with Crippen molar-refractivity contribution in [3.05, 3.63) is 0 Å². The van der Waals surface area contributed by atoms with Crippen LogP contribution in [0.25, 0.3) is 0 Å². The van der Waals surface area contributed by atoms with Gasteiger partial charge in [0, 0.05) is 17.3 Å². The molecule has 0 aliphatic rings. The first-order valence-electron chi connectivity index (χ1n) is 5.51. The summed E-state index contributed by atoms with van der Waals surface area (Å²) >= 11 is 0. The maximum atomic E-state index is 5.68. The van der Waals surface area contributed by atoms with E-state index in [9.17, 15) is 0 Å². The Hall–Kier alpha value is -0.0551. The third kappa shape index (κ3) is 10.2. The minimum absolute atomic E-state index is 0.0831. The van der Waals surface area contributed by atoms with E-state index < -0.39 is 7.32 Å². The number of hydrogen-bond donors (Lipinski definition) is 0. The van der Waals surface area contributed by atoms with Crippen LogP contribution in [0.3, 0.4) is 0 Å². The third-order valence-corrected chi connectivity index (χ3v) is 1.28. The number of hydrogen-bond acceptors (Lipinski definition) is 3. The van der Waals surface area contributed by atoms with E-state index >= 15 is 0 Å². The molecule has 0 fully saturated rings. The van der Waals surface area contributed by atoms with E-state index in [1.165, 1.54) is 0 Å². The van der Waals surface area contributed by atoms with E-state index in [0.29, 0.717) is 0 Å². The Morgan fingerprint density at radius 3 is 1.33 bits per heavy atom. The molecule has 0 saturated carbocycles. The highest BCUT2D eigenvalue weighted by atomic mass is 16.7. The first kappa shape index (κ1) is 14.9. The van der Waals surface area contributed by atoms with Crippen molar-refractivity contribution >= 4 is 7.32 Å². The van der Waals surface area contributed by atoms with Gasteiger partial charge in [0.05, 0.1) is 0 Å². The standard InChI is InChI=1S/C11H25BO3/c1-9(2)13-12(14-10(3,4)5)15-11(6,7)8/h9H,1-8H3. The van der Waals surface area contributed by atoms with Crippen molar-refractivity contribution in [1.82, 2.24) is 0 Å². The highest BCUT2D eigenvalue weighted by molar-refractivity contribution is 6.36. The van der Waals surface area contributed by atoms with Crippen LogP contribution in [0.5, 0.6) is 0 Å². The molecule has 0 aliphatic heterocycles. The molecule has 0 radical (unpaired) electrons. The van der Waals surface area contributed by atoms with Crippen LogP contribution in [-0.2, 0) is 14.0 Å². The Labute approximate surface area is 94.7 Å². The highest BCUT2D eigenvalue weighted by Crippen LogP contribution is 2.16. The SMILES string of the molecule is CC(C)OB(OC(C)(C)C)OC(C)(C)C. The Morgan fingerprint density at radius 1 is 0.800 bits per heavy atom. The molecule has 0 heterocycles. The molecule has 15 heavy (non-hydrogen) atoms. The van der Waals surface area contributed by atoms with Gasteiger partial charge in [-0.3, -0.25) is 0 Å². The van der Waals surface area contributed by atoms with E-state index in [1.807, 2.05) is 55.4 Å². The van der Waals surface area contributed by atoms with Crippen LogP contribution in [-0.4, -0.2) is 24.6 Å². The van der Waals surface area contributed by atoms with Crippen LogP contribution in [0.1, 0.15) is 55.4 Å². The van der Waals surface area contributed by atoms with E-state index in [2.05, 4.69) is 0 Å². The third-order valence-electron chi connectivity index (χ3n) is 1.28. The van der Waals surface area contributed by atoms with Gasteiger partial charge in [0.2, 0.25) is 0 Å². The molecule has 0 aromatic rings. The van der Waals surface area contributed by atoms with E-state index in [0.717, 1.165) is 0 Å². The van der Waals surface area contributed by atoms with E-state index in [4.69, 9.17) is 14.0 Å². The van der Waals surface area contributed by atoms with Gasteiger partial charge in [0.1, 0.15) is 0 Å². The summed E-state index contributed by atoms with van der Waals surface area (Å²) in [5.41, 5.74) is -0.546. The van der Waals surface area contributed by atoms with Crippen LogP contribution in [0.4, 0.5) is 0 Å². The van der Waals surface area contributed by atoms with Gasteiger partial charge in [-0.2, -0.15) is 0 Å². The van der Waals surface area contributed by atoms with Crippen LogP contribution in [0.2, 0.25) is 0 Å². The summed E-state index contributed by atoms with van der Waals surface area (Å²) in [5.74, 6) is 0. The number of rotatable bonds is 4. The Kier molecular flexibility index (Phi) is 5.31. The molecule has 3 nitrogen and oxygen atoms in total. The average Bonchev–Trinajstić information content (AvgIpc) is 1.73. The maximum Gasteiger partial charge on any atom is 0.640 e. The second kappa shape index (κ2) is 5.33. The van der Waals surface area contributed by atoms with Crippen molar-refractivity contribution in [3.63, 3.8) is 0 Å². The molecule has 0 saturated heterocycles. The van der Waals surface area contributed by atoms with Gasteiger partial charge in [-0.15, -0.1) is 0 Å². The van der Waals surface area contributed by atoms with Crippen LogP contribution < -0.4 is 0 Å². The summed E-state index contributed by atoms with van der Waals surface area (Å²) in [7, 11) is -0.606. The molecule has 4 heteroatoms. The molecule has 90 valence electrons. The molecule has 0 aromatic heterocycles. The molecule has 0 unspecified atom stereocenters. The maximum absolute atomic E-state index is 5.68. The Balaban J connectivity index is 4.32. The monoisotopic (exact) mass is 216 g/mol. The van der Waals surface area contributed by atoms with Crippen molar-refractivity contribution in [2.45, 2.75) is 72.7 Å². The van der Waals surface area contributed by atoms with Gasteiger partial charge < -0.3 is 14.0 Å². The summed E-state index contributed by atoms with van der Waals surface area (Å²) in [6.07, 6.45) is 0.0831. The Bertz CT molecular complexity index is 163. The topological polar surface area (TPSA) is 27.7 Å². The van der Waals surface area contributed by atoms with Crippen molar-refractivity contribution in [3.8, 4) is 0 Å². The lowest BCUT2D eigenvalue weighted by Gasteiger charge is -2.30. The smallest absolute Gasteiger partial charge is 0.384 e. The fourth-order valence-electron chi connectivity index (χ4n) is 0.879. The second-order valence-corrected chi connectivity index (χ2v) is 5.93.